The summed E-state index contributed by atoms with van der Waals surface area (Å²) in [7, 11) is 0. The fourth-order valence-corrected chi connectivity index (χ4v) is 3.01. The fourth-order valence-electron chi connectivity index (χ4n) is 2.31. The van der Waals surface area contributed by atoms with Gasteiger partial charge in [-0.15, -0.1) is 10.2 Å². The number of carboxylic acid groups (broad SMARTS) is 1. The van der Waals surface area contributed by atoms with Gasteiger partial charge in [0.05, 0.1) is 5.75 Å². The molecule has 1 fully saturated rings. The molecule has 0 amide bonds. The molecule has 1 aromatic heterocycles. The molecule has 0 aliphatic heterocycles. The van der Waals surface area contributed by atoms with Crippen LogP contribution in [0.4, 0.5) is 0 Å². The van der Waals surface area contributed by atoms with E-state index in [4.69, 9.17) is 5.11 Å². The predicted molar refractivity (Wildman–Crippen MR) is 69.7 cm³/mol. The lowest BCUT2D eigenvalue weighted by Gasteiger charge is -2.16. The lowest BCUT2D eigenvalue weighted by molar-refractivity contribution is -0.133. The number of carbonyl (C=O) groups is 1. The lowest BCUT2D eigenvalue weighted by atomic mass is 10.0. The summed E-state index contributed by atoms with van der Waals surface area (Å²) in [5.41, 5.74) is 0.417. The maximum absolute atomic E-state index is 10.6. The van der Waals surface area contributed by atoms with Crippen LogP contribution in [0.15, 0.2) is 5.16 Å². The van der Waals surface area contributed by atoms with E-state index < -0.39 is 5.97 Å². The Kier molecular flexibility index (Phi) is 3.94. The van der Waals surface area contributed by atoms with Crippen molar-refractivity contribution in [3.63, 3.8) is 0 Å². The molecule has 0 radical (unpaired) electrons. The van der Waals surface area contributed by atoms with Gasteiger partial charge in [0.2, 0.25) is 0 Å². The lowest BCUT2D eigenvalue weighted by Crippen LogP contribution is -2.14. The van der Waals surface area contributed by atoms with Crippen molar-refractivity contribution in [3.05, 3.63) is 5.82 Å². The van der Waals surface area contributed by atoms with E-state index >= 15 is 0 Å². The van der Waals surface area contributed by atoms with Crippen LogP contribution in [0.25, 0.3) is 0 Å². The molecule has 18 heavy (non-hydrogen) atoms. The minimum atomic E-state index is -0.818. The molecule has 1 saturated carbocycles. The van der Waals surface area contributed by atoms with Crippen LogP contribution in [-0.4, -0.2) is 31.6 Å². The number of thioether (sulfide) groups is 1. The van der Waals surface area contributed by atoms with Crippen LogP contribution in [0, 0.1) is 12.3 Å². The normalized spacial score (nSPS) is 16.8. The summed E-state index contributed by atoms with van der Waals surface area (Å²) in [4.78, 5) is 10.6. The van der Waals surface area contributed by atoms with Gasteiger partial charge in [-0.25, -0.2) is 0 Å². The molecule has 1 heterocycles. The fraction of sp³-hybridized carbons (Fsp3) is 0.750. The molecule has 0 bridgehead atoms. The number of aliphatic carboxylic acids is 1. The highest BCUT2D eigenvalue weighted by atomic mass is 32.2. The van der Waals surface area contributed by atoms with Crippen LogP contribution in [0.5, 0.6) is 0 Å². The highest BCUT2D eigenvalue weighted by Crippen LogP contribution is 2.51. The first-order valence-electron chi connectivity index (χ1n) is 6.31. The van der Waals surface area contributed by atoms with Gasteiger partial charge < -0.3 is 9.67 Å². The summed E-state index contributed by atoms with van der Waals surface area (Å²) in [6, 6.07) is 0. The number of aryl methyl sites for hydroxylation is 1. The molecule has 1 aromatic rings. The summed E-state index contributed by atoms with van der Waals surface area (Å²) >= 11 is 1.25. The number of aromatic nitrogens is 3. The van der Waals surface area contributed by atoms with Crippen LogP contribution in [0.3, 0.4) is 0 Å². The first-order valence-corrected chi connectivity index (χ1v) is 7.29. The van der Waals surface area contributed by atoms with Crippen LogP contribution in [0.2, 0.25) is 0 Å². The van der Waals surface area contributed by atoms with Gasteiger partial charge in [0, 0.05) is 6.54 Å². The average molecular weight is 269 g/mol. The van der Waals surface area contributed by atoms with E-state index in [1.165, 1.54) is 37.4 Å². The standard InChI is InChI=1S/C12H19N3O2S/c1-3-4-12(5-6-12)8-15-9(2)13-14-11(15)18-7-10(16)17/h3-8H2,1-2H3,(H,16,17). The van der Waals surface area contributed by atoms with Gasteiger partial charge in [-0.1, -0.05) is 25.1 Å². The van der Waals surface area contributed by atoms with E-state index in [0.717, 1.165) is 17.5 Å². The zero-order valence-corrected chi connectivity index (χ0v) is 11.7. The largest absolute Gasteiger partial charge is 0.481 e. The van der Waals surface area contributed by atoms with Crippen molar-refractivity contribution in [2.75, 3.05) is 5.75 Å². The number of carboxylic acids is 1. The van der Waals surface area contributed by atoms with Gasteiger partial charge in [0.1, 0.15) is 5.82 Å². The summed E-state index contributed by atoms with van der Waals surface area (Å²) in [5, 5.41) is 17.6. The molecule has 2 rings (SSSR count). The molecule has 1 aliphatic rings. The van der Waals surface area contributed by atoms with Gasteiger partial charge >= 0.3 is 5.97 Å². The predicted octanol–water partition coefficient (Wildman–Crippen LogP) is 2.34. The summed E-state index contributed by atoms with van der Waals surface area (Å²) < 4.78 is 2.08. The van der Waals surface area contributed by atoms with Crippen molar-refractivity contribution in [2.24, 2.45) is 5.41 Å². The maximum Gasteiger partial charge on any atom is 0.313 e. The summed E-state index contributed by atoms with van der Waals surface area (Å²) in [6.45, 7) is 5.07. The van der Waals surface area contributed by atoms with Gasteiger partial charge in [-0.2, -0.15) is 0 Å². The van der Waals surface area contributed by atoms with Crippen molar-refractivity contribution in [1.82, 2.24) is 14.8 Å². The highest BCUT2D eigenvalue weighted by Gasteiger charge is 2.42. The van der Waals surface area contributed by atoms with Crippen LogP contribution < -0.4 is 0 Å². The van der Waals surface area contributed by atoms with Crippen molar-refractivity contribution in [2.45, 2.75) is 51.2 Å². The monoisotopic (exact) mass is 269 g/mol. The number of hydrogen-bond acceptors (Lipinski definition) is 4. The topological polar surface area (TPSA) is 68.0 Å². The molecular weight excluding hydrogens is 250 g/mol. The number of rotatable bonds is 7. The Bertz CT molecular complexity index is 441. The molecule has 5 nitrogen and oxygen atoms in total. The first kappa shape index (κ1) is 13.4. The molecular formula is C12H19N3O2S. The summed E-state index contributed by atoms with van der Waals surface area (Å²) in [6.07, 6.45) is 4.95. The molecule has 0 aromatic carbocycles. The van der Waals surface area contributed by atoms with Crippen LogP contribution in [-0.2, 0) is 11.3 Å². The van der Waals surface area contributed by atoms with Gasteiger partial charge in [-0.3, -0.25) is 4.79 Å². The zero-order valence-electron chi connectivity index (χ0n) is 10.8. The average Bonchev–Trinajstić information content (AvgIpc) is 2.98. The van der Waals surface area contributed by atoms with E-state index in [9.17, 15) is 4.79 Å². The molecule has 0 saturated heterocycles. The second-order valence-corrected chi connectivity index (χ2v) is 5.99. The first-order chi connectivity index (χ1) is 8.56. The van der Waals surface area contributed by atoms with Gasteiger partial charge in [-0.05, 0) is 31.6 Å². The number of nitrogens with zero attached hydrogens (tertiary/aromatic N) is 3. The second kappa shape index (κ2) is 5.30. The van der Waals surface area contributed by atoms with E-state index in [1.54, 1.807) is 0 Å². The number of hydrogen-bond donors (Lipinski definition) is 1. The van der Waals surface area contributed by atoms with Crippen molar-refractivity contribution >= 4 is 17.7 Å². The molecule has 1 aliphatic carbocycles. The molecule has 100 valence electrons. The van der Waals surface area contributed by atoms with E-state index in [2.05, 4.69) is 21.7 Å². The minimum absolute atomic E-state index is 0.0406. The SMILES string of the molecule is CCCC1(Cn2c(C)nnc2SCC(=O)O)CC1. The molecule has 0 spiro atoms. The minimum Gasteiger partial charge on any atom is -0.481 e. The Balaban J connectivity index is 2.07. The third kappa shape index (κ3) is 3.04. The van der Waals surface area contributed by atoms with Gasteiger partial charge in [0.25, 0.3) is 0 Å². The third-order valence-corrected chi connectivity index (χ3v) is 4.41. The third-order valence-electron chi connectivity index (χ3n) is 3.46. The zero-order chi connectivity index (χ0) is 13.2. The molecule has 0 unspecified atom stereocenters. The van der Waals surface area contributed by atoms with Crippen LogP contribution >= 0.6 is 11.8 Å². The molecule has 6 heteroatoms. The molecule has 1 N–H and O–H groups in total. The van der Waals surface area contributed by atoms with E-state index in [1.807, 2.05) is 6.92 Å². The Morgan fingerprint density at radius 2 is 2.22 bits per heavy atom. The summed E-state index contributed by atoms with van der Waals surface area (Å²) in [5.74, 6) is 0.103. The Hall–Kier alpha value is -1.04. The Labute approximate surface area is 111 Å². The van der Waals surface area contributed by atoms with Crippen molar-refractivity contribution in [3.8, 4) is 0 Å². The van der Waals surface area contributed by atoms with E-state index in [-0.39, 0.29) is 5.75 Å². The quantitative estimate of drug-likeness (QED) is 0.769. The highest BCUT2D eigenvalue weighted by molar-refractivity contribution is 7.99. The smallest absolute Gasteiger partial charge is 0.313 e. The van der Waals surface area contributed by atoms with Crippen molar-refractivity contribution < 1.29 is 9.90 Å². The van der Waals surface area contributed by atoms with E-state index in [0.29, 0.717) is 5.41 Å². The Morgan fingerprint density at radius 1 is 1.50 bits per heavy atom. The van der Waals surface area contributed by atoms with Crippen molar-refractivity contribution in [1.29, 1.82) is 0 Å². The van der Waals surface area contributed by atoms with Gasteiger partial charge in [0.15, 0.2) is 5.16 Å². The van der Waals surface area contributed by atoms with Crippen LogP contribution in [0.1, 0.15) is 38.4 Å². The molecule has 0 atom stereocenters. The Morgan fingerprint density at radius 3 is 2.78 bits per heavy atom. The second-order valence-electron chi connectivity index (χ2n) is 5.05. The maximum atomic E-state index is 10.6.